The Balaban J connectivity index is 1.94. The zero-order valence-electron chi connectivity index (χ0n) is 12.7. The Bertz CT molecular complexity index is 704. The Morgan fingerprint density at radius 1 is 1.39 bits per heavy atom. The van der Waals surface area contributed by atoms with Crippen LogP contribution in [0, 0.1) is 3.57 Å². The first-order valence-corrected chi connectivity index (χ1v) is 10.1. The molecule has 1 saturated heterocycles. The van der Waals surface area contributed by atoms with Gasteiger partial charge in [-0.3, -0.25) is 4.79 Å². The molecule has 6 nitrogen and oxygen atoms in total. The minimum Gasteiger partial charge on any atom is -0.452 e. The van der Waals surface area contributed by atoms with Crippen molar-refractivity contribution in [2.45, 2.75) is 19.4 Å². The van der Waals surface area contributed by atoms with Gasteiger partial charge in [-0.1, -0.05) is 6.07 Å². The second kappa shape index (κ2) is 7.61. The highest BCUT2D eigenvalue weighted by atomic mass is 127. The Hall–Kier alpha value is -1.16. The van der Waals surface area contributed by atoms with Gasteiger partial charge in [0.05, 0.1) is 17.1 Å². The maximum atomic E-state index is 12.2. The summed E-state index contributed by atoms with van der Waals surface area (Å²) in [4.78, 5) is 25.7. The van der Waals surface area contributed by atoms with E-state index in [1.165, 1.54) is 4.90 Å². The number of hydrogen-bond donors (Lipinski definition) is 0. The van der Waals surface area contributed by atoms with Crippen molar-refractivity contribution >= 4 is 44.3 Å². The normalized spacial score (nSPS) is 19.3. The lowest BCUT2D eigenvalue weighted by Crippen LogP contribution is -2.43. The van der Waals surface area contributed by atoms with Gasteiger partial charge >= 0.3 is 5.97 Å². The van der Waals surface area contributed by atoms with E-state index in [9.17, 15) is 18.0 Å². The third-order valence-electron chi connectivity index (χ3n) is 3.70. The fraction of sp³-hybridized carbons (Fsp3) is 0.467. The summed E-state index contributed by atoms with van der Waals surface area (Å²) in [6.07, 6.45) is 0.437. The summed E-state index contributed by atoms with van der Waals surface area (Å²) in [5, 5.41) is 0. The molecule has 1 aromatic carbocycles. The van der Waals surface area contributed by atoms with E-state index in [0.717, 1.165) is 3.57 Å². The van der Waals surface area contributed by atoms with Gasteiger partial charge in [0, 0.05) is 16.2 Å². The third-order valence-corrected chi connectivity index (χ3v) is 6.12. The predicted octanol–water partition coefficient (Wildman–Crippen LogP) is 1.48. The highest BCUT2D eigenvalue weighted by Crippen LogP contribution is 2.18. The minimum atomic E-state index is -3.07. The van der Waals surface area contributed by atoms with Crippen LogP contribution in [0.1, 0.15) is 23.7 Å². The molecule has 1 heterocycles. The SMILES string of the molecule is CCN(C(=O)COC(=O)c1cccc(I)c1)[C@@H]1CCS(=O)(=O)C1. The number of amides is 1. The molecule has 1 amide bonds. The summed E-state index contributed by atoms with van der Waals surface area (Å²) >= 11 is 2.09. The summed E-state index contributed by atoms with van der Waals surface area (Å²) in [6.45, 7) is 1.79. The molecule has 8 heteroatoms. The molecule has 2 rings (SSSR count). The van der Waals surface area contributed by atoms with Crippen LogP contribution >= 0.6 is 22.6 Å². The number of ether oxygens (including phenoxy) is 1. The number of esters is 1. The number of nitrogens with zero attached hydrogens (tertiary/aromatic N) is 1. The highest BCUT2D eigenvalue weighted by Gasteiger charge is 2.34. The molecule has 0 bridgehead atoms. The first-order chi connectivity index (χ1) is 10.8. The first kappa shape index (κ1) is 18.2. The molecule has 1 fully saturated rings. The molecule has 1 aliphatic rings. The molecule has 0 unspecified atom stereocenters. The topological polar surface area (TPSA) is 80.8 Å². The van der Waals surface area contributed by atoms with Crippen LogP contribution in [0.5, 0.6) is 0 Å². The van der Waals surface area contributed by atoms with Gasteiger partial charge in [0.15, 0.2) is 16.4 Å². The number of sulfone groups is 1. The van der Waals surface area contributed by atoms with Crippen LogP contribution in [0.25, 0.3) is 0 Å². The molecule has 0 spiro atoms. The molecule has 23 heavy (non-hydrogen) atoms. The lowest BCUT2D eigenvalue weighted by Gasteiger charge is -2.26. The number of rotatable bonds is 5. The van der Waals surface area contributed by atoms with Crippen molar-refractivity contribution in [2.24, 2.45) is 0 Å². The van der Waals surface area contributed by atoms with Gasteiger partial charge < -0.3 is 9.64 Å². The molecule has 0 saturated carbocycles. The Labute approximate surface area is 149 Å². The van der Waals surface area contributed by atoms with E-state index in [1.807, 2.05) is 6.07 Å². The molecule has 1 aromatic rings. The van der Waals surface area contributed by atoms with Crippen molar-refractivity contribution in [1.82, 2.24) is 4.90 Å². The number of carbonyl (C=O) groups excluding carboxylic acids is 2. The highest BCUT2D eigenvalue weighted by molar-refractivity contribution is 14.1. The molecule has 0 N–H and O–H groups in total. The molecule has 126 valence electrons. The van der Waals surface area contributed by atoms with E-state index < -0.39 is 15.8 Å². The minimum absolute atomic E-state index is 0.0165. The van der Waals surface area contributed by atoms with E-state index >= 15 is 0 Å². The summed E-state index contributed by atoms with van der Waals surface area (Å²) in [5.74, 6) is -0.846. The summed E-state index contributed by atoms with van der Waals surface area (Å²) < 4.78 is 29.0. The Morgan fingerprint density at radius 2 is 2.13 bits per heavy atom. The van der Waals surface area contributed by atoms with Gasteiger partial charge in [0.1, 0.15) is 0 Å². The molecular formula is C15H18INO5S. The van der Waals surface area contributed by atoms with E-state index in [1.54, 1.807) is 25.1 Å². The molecule has 0 radical (unpaired) electrons. The Kier molecular flexibility index (Phi) is 6.01. The van der Waals surface area contributed by atoms with Crippen molar-refractivity contribution in [3.63, 3.8) is 0 Å². The lowest BCUT2D eigenvalue weighted by molar-refractivity contribution is -0.136. The van der Waals surface area contributed by atoms with E-state index in [4.69, 9.17) is 4.74 Å². The van der Waals surface area contributed by atoms with Crippen molar-refractivity contribution in [2.75, 3.05) is 24.7 Å². The maximum absolute atomic E-state index is 12.2. The van der Waals surface area contributed by atoms with Crippen molar-refractivity contribution in [1.29, 1.82) is 0 Å². The second-order valence-corrected chi connectivity index (χ2v) is 8.80. The van der Waals surface area contributed by atoms with Gasteiger partial charge in [0.25, 0.3) is 5.91 Å². The van der Waals surface area contributed by atoms with Gasteiger partial charge in [-0.25, -0.2) is 13.2 Å². The number of benzene rings is 1. The number of halogens is 1. The van der Waals surface area contributed by atoms with Crippen LogP contribution in [-0.2, 0) is 19.4 Å². The zero-order chi connectivity index (χ0) is 17.0. The maximum Gasteiger partial charge on any atom is 0.338 e. The van der Waals surface area contributed by atoms with Crippen molar-refractivity contribution in [3.05, 3.63) is 33.4 Å². The fourth-order valence-electron chi connectivity index (χ4n) is 2.57. The smallest absolute Gasteiger partial charge is 0.338 e. The van der Waals surface area contributed by atoms with Crippen molar-refractivity contribution in [3.8, 4) is 0 Å². The summed E-state index contributed by atoms with van der Waals surface area (Å²) in [7, 11) is -3.07. The van der Waals surface area contributed by atoms with Crippen LogP contribution in [-0.4, -0.2) is 55.9 Å². The average molecular weight is 451 g/mol. The number of hydrogen-bond acceptors (Lipinski definition) is 5. The van der Waals surface area contributed by atoms with Crippen LogP contribution in [0.2, 0.25) is 0 Å². The molecule has 1 aliphatic heterocycles. The monoisotopic (exact) mass is 451 g/mol. The van der Waals surface area contributed by atoms with Gasteiger partial charge in [-0.05, 0) is 54.1 Å². The molecule has 1 atom stereocenters. The average Bonchev–Trinajstić information content (AvgIpc) is 2.85. The molecule has 0 aromatic heterocycles. The number of likely N-dealkylation sites (N-methyl/N-ethyl adjacent to an activating group) is 1. The zero-order valence-corrected chi connectivity index (χ0v) is 15.7. The van der Waals surface area contributed by atoms with E-state index in [-0.39, 0.29) is 30.1 Å². The fourth-order valence-corrected chi connectivity index (χ4v) is 4.84. The van der Waals surface area contributed by atoms with Crippen LogP contribution < -0.4 is 0 Å². The summed E-state index contributed by atoms with van der Waals surface area (Å²) in [5.41, 5.74) is 0.385. The van der Waals surface area contributed by atoms with Crippen LogP contribution in [0.15, 0.2) is 24.3 Å². The van der Waals surface area contributed by atoms with Gasteiger partial charge in [-0.2, -0.15) is 0 Å². The van der Waals surface area contributed by atoms with Gasteiger partial charge in [-0.15, -0.1) is 0 Å². The first-order valence-electron chi connectivity index (χ1n) is 7.25. The van der Waals surface area contributed by atoms with Crippen LogP contribution in [0.4, 0.5) is 0 Å². The van der Waals surface area contributed by atoms with Gasteiger partial charge in [0.2, 0.25) is 0 Å². The lowest BCUT2D eigenvalue weighted by atomic mass is 10.2. The van der Waals surface area contributed by atoms with E-state index in [0.29, 0.717) is 18.5 Å². The van der Waals surface area contributed by atoms with Crippen molar-refractivity contribution < 1.29 is 22.7 Å². The largest absolute Gasteiger partial charge is 0.452 e. The quantitative estimate of drug-likeness (QED) is 0.501. The summed E-state index contributed by atoms with van der Waals surface area (Å²) in [6, 6.07) is 6.56. The molecular weight excluding hydrogens is 433 g/mol. The third kappa shape index (κ3) is 4.90. The number of carbonyl (C=O) groups is 2. The Morgan fingerprint density at radius 3 is 2.70 bits per heavy atom. The van der Waals surface area contributed by atoms with E-state index in [2.05, 4.69) is 22.6 Å². The standard InChI is InChI=1S/C15H18INO5S/c1-2-17(13-6-7-23(20,21)10-13)14(18)9-22-15(19)11-4-3-5-12(16)8-11/h3-5,8,13H,2,6-7,9-10H2,1H3/t13-/m1/s1. The van der Waals surface area contributed by atoms with Crippen LogP contribution in [0.3, 0.4) is 0 Å². The second-order valence-electron chi connectivity index (χ2n) is 5.32. The predicted molar refractivity (Wildman–Crippen MR) is 93.9 cm³/mol. The molecule has 0 aliphatic carbocycles.